The van der Waals surface area contributed by atoms with Crippen LogP contribution in [0.1, 0.15) is 27.5 Å². The Bertz CT molecular complexity index is 1190. The van der Waals surface area contributed by atoms with Gasteiger partial charge < -0.3 is 20.5 Å². The van der Waals surface area contributed by atoms with E-state index in [-0.39, 0.29) is 22.2 Å². The summed E-state index contributed by atoms with van der Waals surface area (Å²) in [6.07, 6.45) is 2.91. The molecule has 34 heavy (non-hydrogen) atoms. The number of pyridine rings is 1. The van der Waals surface area contributed by atoms with Gasteiger partial charge in [0.1, 0.15) is 11.9 Å². The second kappa shape index (κ2) is 11.0. The first-order valence-electron chi connectivity index (χ1n) is 9.97. The van der Waals surface area contributed by atoms with Gasteiger partial charge in [0.05, 0.1) is 24.8 Å². The lowest BCUT2D eigenvalue weighted by atomic mass is 10.0. The van der Waals surface area contributed by atoms with Crippen LogP contribution in [0.5, 0.6) is 11.5 Å². The maximum atomic E-state index is 13.2. The van der Waals surface area contributed by atoms with Gasteiger partial charge in [0.25, 0.3) is 11.8 Å². The maximum absolute atomic E-state index is 13.2. The van der Waals surface area contributed by atoms with Crippen LogP contribution in [0.4, 0.5) is 5.69 Å². The molecule has 1 unspecified atom stereocenters. The van der Waals surface area contributed by atoms with Crippen LogP contribution in [-0.2, 0) is 4.79 Å². The Morgan fingerprint density at radius 3 is 2.35 bits per heavy atom. The van der Waals surface area contributed by atoms with Crippen LogP contribution in [0.3, 0.4) is 0 Å². The van der Waals surface area contributed by atoms with Gasteiger partial charge >= 0.3 is 0 Å². The number of nitrogen functional groups attached to an aromatic ring is 1. The van der Waals surface area contributed by atoms with E-state index >= 15 is 0 Å². The largest absolute Gasteiger partial charge is 0.493 e. The molecule has 0 aliphatic carbocycles. The number of anilines is 1. The van der Waals surface area contributed by atoms with Gasteiger partial charge in [-0.25, -0.2) is 0 Å². The average molecular weight is 483 g/mol. The van der Waals surface area contributed by atoms with E-state index in [1.54, 1.807) is 48.5 Å². The van der Waals surface area contributed by atoms with Crippen LogP contribution in [0.15, 0.2) is 60.9 Å². The normalized spacial score (nSPS) is 11.1. The number of halogens is 1. The monoisotopic (exact) mass is 482 g/mol. The van der Waals surface area contributed by atoms with Crippen molar-refractivity contribution in [3.8, 4) is 11.5 Å². The van der Waals surface area contributed by atoms with E-state index in [0.29, 0.717) is 22.6 Å². The number of benzene rings is 2. The highest BCUT2D eigenvalue weighted by atomic mass is 35.5. The van der Waals surface area contributed by atoms with E-state index < -0.39 is 17.9 Å². The first-order valence-corrected chi connectivity index (χ1v) is 10.3. The van der Waals surface area contributed by atoms with E-state index in [1.807, 2.05) is 0 Å². The van der Waals surface area contributed by atoms with Crippen molar-refractivity contribution in [1.29, 1.82) is 5.41 Å². The number of aromatic nitrogens is 1. The first kappa shape index (κ1) is 24.3. The Morgan fingerprint density at radius 2 is 1.76 bits per heavy atom. The van der Waals surface area contributed by atoms with Gasteiger partial charge in [-0.05, 0) is 42.5 Å². The fourth-order valence-electron chi connectivity index (χ4n) is 3.08. The van der Waals surface area contributed by atoms with E-state index in [4.69, 9.17) is 32.2 Å². The zero-order chi connectivity index (χ0) is 24.7. The van der Waals surface area contributed by atoms with Crippen LogP contribution >= 0.6 is 11.6 Å². The summed E-state index contributed by atoms with van der Waals surface area (Å²) in [6.45, 7) is 0. The second-order valence-corrected chi connectivity index (χ2v) is 7.34. The van der Waals surface area contributed by atoms with E-state index in [9.17, 15) is 9.59 Å². The highest BCUT2D eigenvalue weighted by Crippen LogP contribution is 2.40. The molecule has 11 heteroatoms. The molecule has 176 valence electrons. The molecule has 10 nitrogen and oxygen atoms in total. The van der Waals surface area contributed by atoms with Crippen molar-refractivity contribution in [2.45, 2.75) is 6.04 Å². The third-order valence-electron chi connectivity index (χ3n) is 4.82. The summed E-state index contributed by atoms with van der Waals surface area (Å²) in [6, 6.07) is 12.0. The van der Waals surface area contributed by atoms with Crippen LogP contribution in [0, 0.1) is 5.41 Å². The minimum Gasteiger partial charge on any atom is -0.493 e. The van der Waals surface area contributed by atoms with Crippen molar-refractivity contribution < 1.29 is 19.1 Å². The van der Waals surface area contributed by atoms with Crippen molar-refractivity contribution in [3.05, 3.63) is 82.6 Å². The molecule has 1 atom stereocenters. The molecule has 2 aromatic carbocycles. The molecular weight excluding hydrogens is 460 g/mol. The number of nitrogens with one attached hydrogen (secondary N) is 4. The van der Waals surface area contributed by atoms with Gasteiger partial charge in [-0.2, -0.15) is 0 Å². The lowest BCUT2D eigenvalue weighted by Crippen LogP contribution is -2.45. The summed E-state index contributed by atoms with van der Waals surface area (Å²) >= 11 is 6.56. The molecule has 0 saturated heterocycles. The topological polar surface area (TPSA) is 151 Å². The lowest BCUT2D eigenvalue weighted by Gasteiger charge is -2.23. The number of methoxy groups -OCH3 is 2. The smallest absolute Gasteiger partial charge is 0.271 e. The highest BCUT2D eigenvalue weighted by Gasteiger charge is 2.27. The minimum atomic E-state index is -1.04. The molecule has 0 spiro atoms. The summed E-state index contributed by atoms with van der Waals surface area (Å²) in [4.78, 5) is 29.4. The Hall–Kier alpha value is -4.31. The molecule has 3 rings (SSSR count). The number of hydrogen-bond donors (Lipinski definition) is 5. The molecule has 1 heterocycles. The predicted molar refractivity (Wildman–Crippen MR) is 128 cm³/mol. The quantitative estimate of drug-likeness (QED) is 0.188. The Kier molecular flexibility index (Phi) is 7.88. The van der Waals surface area contributed by atoms with E-state index in [2.05, 4.69) is 21.2 Å². The van der Waals surface area contributed by atoms with Gasteiger partial charge in [-0.1, -0.05) is 17.7 Å². The summed E-state index contributed by atoms with van der Waals surface area (Å²) in [5.74, 6) is -0.563. The summed E-state index contributed by atoms with van der Waals surface area (Å²) in [5, 5.41) is 10.8. The third kappa shape index (κ3) is 5.54. The Labute approximate surface area is 200 Å². The number of carbonyl (C=O) groups is 2. The molecule has 2 amide bonds. The van der Waals surface area contributed by atoms with Crippen LogP contribution in [-0.4, -0.2) is 36.9 Å². The van der Waals surface area contributed by atoms with Gasteiger partial charge in [0.15, 0.2) is 11.5 Å². The van der Waals surface area contributed by atoms with Gasteiger partial charge in [0.2, 0.25) is 0 Å². The van der Waals surface area contributed by atoms with Gasteiger partial charge in [0, 0.05) is 29.2 Å². The Morgan fingerprint density at radius 1 is 1.03 bits per heavy atom. The van der Waals surface area contributed by atoms with E-state index in [1.165, 1.54) is 26.6 Å². The van der Waals surface area contributed by atoms with Gasteiger partial charge in [-0.15, -0.1) is 0 Å². The number of hydrazine groups is 1. The van der Waals surface area contributed by atoms with Crippen molar-refractivity contribution in [1.82, 2.24) is 15.8 Å². The summed E-state index contributed by atoms with van der Waals surface area (Å²) < 4.78 is 10.6. The van der Waals surface area contributed by atoms with Gasteiger partial charge in [-0.3, -0.25) is 30.8 Å². The number of carbonyl (C=O) groups excluding carboxylic acids is 2. The highest BCUT2D eigenvalue weighted by molar-refractivity contribution is 6.33. The van der Waals surface area contributed by atoms with Crippen molar-refractivity contribution in [2.24, 2.45) is 5.73 Å². The standard InChI is InChI=1S/C23H23ClN6O4/c1-33-17-10-9-16(18(24)20(17)34-2)19(28-15-7-5-13(6-8-15)21(25)26)23(32)30-29-22(31)14-4-3-11-27-12-14/h3-12,19,28H,1-2H3,(H3,25,26)(H,29,31)(H,30,32). The molecule has 0 saturated carbocycles. The zero-order valence-electron chi connectivity index (χ0n) is 18.4. The van der Waals surface area contributed by atoms with Crippen LogP contribution in [0.2, 0.25) is 5.02 Å². The molecule has 1 aromatic heterocycles. The zero-order valence-corrected chi connectivity index (χ0v) is 19.1. The van der Waals surface area contributed by atoms with Crippen molar-refractivity contribution in [3.63, 3.8) is 0 Å². The predicted octanol–water partition coefficient (Wildman–Crippen LogP) is 2.65. The second-order valence-electron chi connectivity index (χ2n) is 6.96. The van der Waals surface area contributed by atoms with E-state index in [0.717, 1.165) is 0 Å². The number of ether oxygens (including phenoxy) is 2. The number of nitrogens with two attached hydrogens (primary N) is 1. The fraction of sp³-hybridized carbons (Fsp3) is 0.130. The molecule has 0 bridgehead atoms. The molecule has 6 N–H and O–H groups in total. The lowest BCUT2D eigenvalue weighted by molar-refractivity contribution is -0.122. The number of nitrogens with zero attached hydrogens (tertiary/aromatic N) is 1. The number of amides is 2. The summed E-state index contributed by atoms with van der Waals surface area (Å²) in [7, 11) is 2.91. The minimum absolute atomic E-state index is 0.0816. The van der Waals surface area contributed by atoms with Crippen LogP contribution < -0.4 is 31.4 Å². The van der Waals surface area contributed by atoms with Crippen molar-refractivity contribution in [2.75, 3.05) is 19.5 Å². The number of amidine groups is 1. The molecule has 0 fully saturated rings. The first-order chi connectivity index (χ1) is 16.3. The van der Waals surface area contributed by atoms with Crippen molar-refractivity contribution >= 4 is 34.9 Å². The number of hydrogen-bond acceptors (Lipinski definition) is 7. The molecule has 0 aliphatic rings. The molecule has 0 radical (unpaired) electrons. The third-order valence-corrected chi connectivity index (χ3v) is 5.21. The Balaban J connectivity index is 1.90. The van der Waals surface area contributed by atoms with Crippen LogP contribution in [0.25, 0.3) is 0 Å². The fourth-order valence-corrected chi connectivity index (χ4v) is 3.43. The molecule has 3 aromatic rings. The maximum Gasteiger partial charge on any atom is 0.271 e. The number of rotatable bonds is 8. The SMILES string of the molecule is COc1ccc(C(Nc2ccc(C(=N)N)cc2)C(=O)NNC(=O)c2cccnc2)c(Cl)c1OC. The average Bonchev–Trinajstić information content (AvgIpc) is 2.86. The molecule has 0 aliphatic heterocycles. The molecular formula is C23H23ClN6O4. The summed E-state index contributed by atoms with van der Waals surface area (Å²) in [5.41, 5.74) is 12.0.